The molecule has 2 N–H and O–H groups in total. The highest BCUT2D eigenvalue weighted by atomic mass is 127. The molecule has 0 atom stereocenters. The van der Waals surface area contributed by atoms with Crippen LogP contribution in [0.3, 0.4) is 0 Å². The summed E-state index contributed by atoms with van der Waals surface area (Å²) >= 11 is 2.04. The number of H-pyrrole nitrogens is 1. The van der Waals surface area contributed by atoms with Crippen molar-refractivity contribution in [3.8, 4) is 17.2 Å². The molecule has 1 aromatic heterocycles. The molecule has 0 saturated heterocycles. The molecule has 0 radical (unpaired) electrons. The second kappa shape index (κ2) is 7.79. The molecule has 0 aliphatic heterocycles. The summed E-state index contributed by atoms with van der Waals surface area (Å²) in [5, 5.41) is 16.3. The quantitative estimate of drug-likeness (QED) is 0.425. The molecule has 5 nitrogen and oxygen atoms in total. The second-order valence-corrected chi connectivity index (χ2v) is 7.77. The highest BCUT2D eigenvalue weighted by Gasteiger charge is 2.10. The van der Waals surface area contributed by atoms with Crippen molar-refractivity contribution in [2.75, 3.05) is 6.61 Å². The molecule has 0 saturated carbocycles. The number of aromatic amines is 1. The van der Waals surface area contributed by atoms with Gasteiger partial charge < -0.3 is 9.84 Å². The molecule has 6 heteroatoms. The maximum atomic E-state index is 13.1. The summed E-state index contributed by atoms with van der Waals surface area (Å²) in [5.41, 5.74) is 1.31. The number of rotatable bonds is 4. The van der Waals surface area contributed by atoms with E-state index in [1.807, 2.05) is 72.0 Å². The van der Waals surface area contributed by atoms with Gasteiger partial charge in [0.2, 0.25) is 0 Å². The maximum Gasteiger partial charge on any atom is 0.279 e. The van der Waals surface area contributed by atoms with Gasteiger partial charge in [0.05, 0.1) is 26.4 Å². The lowest BCUT2D eigenvalue weighted by molar-refractivity contribution is 0.317. The molecule has 3 aromatic carbocycles. The molecule has 29 heavy (non-hydrogen) atoms. The van der Waals surface area contributed by atoms with Gasteiger partial charge in [-0.2, -0.15) is 0 Å². The smallest absolute Gasteiger partial charge is 0.279 e. The van der Waals surface area contributed by atoms with Gasteiger partial charge in [0.15, 0.2) is 11.5 Å². The first-order valence-corrected chi connectivity index (χ1v) is 10.2. The predicted octanol–water partition coefficient (Wildman–Crippen LogP) is 3.27. The van der Waals surface area contributed by atoms with E-state index >= 15 is 0 Å². The number of phenols is 1. The van der Waals surface area contributed by atoms with Gasteiger partial charge in [-0.15, -0.1) is 0 Å². The molecular formula is C23H19IN2O3. The molecular weight excluding hydrogens is 479 g/mol. The minimum absolute atomic E-state index is 0.0992. The summed E-state index contributed by atoms with van der Waals surface area (Å²) in [5.74, 6) is 0.490. The Kier molecular flexibility index (Phi) is 5.19. The van der Waals surface area contributed by atoms with Crippen LogP contribution in [-0.4, -0.2) is 21.5 Å². The van der Waals surface area contributed by atoms with Crippen molar-refractivity contribution < 1.29 is 9.84 Å². The van der Waals surface area contributed by atoms with Crippen LogP contribution in [0.5, 0.6) is 11.5 Å². The number of aromatic hydroxyl groups is 1. The van der Waals surface area contributed by atoms with E-state index in [9.17, 15) is 9.90 Å². The minimum atomic E-state index is -0.189. The number of ether oxygens (including phenoxy) is 1. The number of fused-ring (bicyclic) bond motifs is 1. The number of nitrogens with one attached hydrogen (secondary N) is 1. The molecule has 0 spiro atoms. The lowest BCUT2D eigenvalue weighted by Crippen LogP contribution is -2.33. The van der Waals surface area contributed by atoms with Gasteiger partial charge in [-0.1, -0.05) is 36.9 Å². The lowest BCUT2D eigenvalue weighted by Gasteiger charge is -2.08. The number of benzene rings is 3. The third kappa shape index (κ3) is 3.67. The average molecular weight is 498 g/mol. The molecule has 0 unspecified atom stereocenters. The van der Waals surface area contributed by atoms with Crippen LogP contribution in [0.15, 0.2) is 59.4 Å². The number of phenolic OH excluding ortho intramolecular Hbond substituents is 1. The van der Waals surface area contributed by atoms with Crippen molar-refractivity contribution in [1.29, 1.82) is 0 Å². The van der Waals surface area contributed by atoms with Crippen molar-refractivity contribution in [1.82, 2.24) is 9.78 Å². The highest BCUT2D eigenvalue weighted by Crippen LogP contribution is 2.32. The monoisotopic (exact) mass is 498 g/mol. The highest BCUT2D eigenvalue weighted by molar-refractivity contribution is 14.1. The van der Waals surface area contributed by atoms with Gasteiger partial charge in [0, 0.05) is 0 Å². The van der Waals surface area contributed by atoms with E-state index in [1.165, 1.54) is 4.68 Å². The topological polar surface area (TPSA) is 67.2 Å². The Balaban J connectivity index is 1.86. The number of nitrogens with zero attached hydrogens (tertiary/aromatic N) is 1. The second-order valence-electron chi connectivity index (χ2n) is 6.60. The van der Waals surface area contributed by atoms with E-state index in [0.717, 1.165) is 22.0 Å². The summed E-state index contributed by atoms with van der Waals surface area (Å²) in [6.45, 7) is 6.28. The Labute approximate surface area is 180 Å². The number of hydrogen-bond acceptors (Lipinski definition) is 3. The van der Waals surface area contributed by atoms with Crippen molar-refractivity contribution in [3.63, 3.8) is 0 Å². The minimum Gasteiger partial charge on any atom is -0.504 e. The summed E-state index contributed by atoms with van der Waals surface area (Å²) in [7, 11) is 0. The van der Waals surface area contributed by atoms with E-state index in [4.69, 9.17) is 4.74 Å². The van der Waals surface area contributed by atoms with Crippen LogP contribution in [0.2, 0.25) is 0 Å². The van der Waals surface area contributed by atoms with Crippen molar-refractivity contribution in [2.45, 2.75) is 6.92 Å². The van der Waals surface area contributed by atoms with Gasteiger partial charge in [0.1, 0.15) is 0 Å². The van der Waals surface area contributed by atoms with E-state index in [0.29, 0.717) is 26.5 Å². The summed E-state index contributed by atoms with van der Waals surface area (Å²) < 4.78 is 7.63. The van der Waals surface area contributed by atoms with Crippen molar-refractivity contribution in [2.24, 2.45) is 0 Å². The van der Waals surface area contributed by atoms with E-state index in [1.54, 1.807) is 18.2 Å². The van der Waals surface area contributed by atoms with Crippen LogP contribution in [0.4, 0.5) is 0 Å². The SMILES string of the molecule is C=c1[nH]n(-c2ccc3ccccc3c2)c(=O)/c1=C/c1cc(I)c(O)c(OCC)c1. The third-order valence-electron chi connectivity index (χ3n) is 4.66. The zero-order chi connectivity index (χ0) is 20.5. The summed E-state index contributed by atoms with van der Waals surface area (Å²) in [6, 6.07) is 17.4. The molecule has 1 heterocycles. The number of aromatic nitrogens is 2. The summed E-state index contributed by atoms with van der Waals surface area (Å²) in [4.78, 5) is 13.1. The zero-order valence-corrected chi connectivity index (χ0v) is 17.9. The van der Waals surface area contributed by atoms with Crippen LogP contribution >= 0.6 is 22.6 Å². The lowest BCUT2D eigenvalue weighted by atomic mass is 10.1. The molecule has 0 bridgehead atoms. The Morgan fingerprint density at radius 1 is 1.17 bits per heavy atom. The first-order valence-electron chi connectivity index (χ1n) is 9.14. The number of hydrogen-bond donors (Lipinski definition) is 2. The van der Waals surface area contributed by atoms with Gasteiger partial charge in [-0.25, -0.2) is 4.68 Å². The van der Waals surface area contributed by atoms with Crippen molar-refractivity contribution in [3.05, 3.63) is 84.7 Å². The molecule has 146 valence electrons. The molecule has 0 fully saturated rings. The summed E-state index contributed by atoms with van der Waals surface area (Å²) in [6.07, 6.45) is 1.75. The van der Waals surface area contributed by atoms with Crippen LogP contribution in [0.25, 0.3) is 29.1 Å². The first-order chi connectivity index (χ1) is 14.0. The predicted molar refractivity (Wildman–Crippen MR) is 124 cm³/mol. The van der Waals surface area contributed by atoms with E-state index in [-0.39, 0.29) is 11.3 Å². The van der Waals surface area contributed by atoms with Gasteiger partial charge in [-0.3, -0.25) is 9.89 Å². The zero-order valence-electron chi connectivity index (χ0n) is 15.8. The molecule has 4 rings (SSSR count). The third-order valence-corrected chi connectivity index (χ3v) is 5.48. The normalized spacial score (nSPS) is 11.9. The van der Waals surface area contributed by atoms with Crippen LogP contribution in [-0.2, 0) is 0 Å². The van der Waals surface area contributed by atoms with Gasteiger partial charge >= 0.3 is 0 Å². The number of halogens is 1. The van der Waals surface area contributed by atoms with E-state index in [2.05, 4.69) is 11.7 Å². The maximum absolute atomic E-state index is 13.1. The van der Waals surface area contributed by atoms with Crippen LogP contribution in [0.1, 0.15) is 12.5 Å². The van der Waals surface area contributed by atoms with Gasteiger partial charge in [-0.05, 0) is 76.2 Å². The van der Waals surface area contributed by atoms with Crippen LogP contribution in [0, 0.1) is 3.57 Å². The Morgan fingerprint density at radius 3 is 2.69 bits per heavy atom. The van der Waals surface area contributed by atoms with Gasteiger partial charge in [0.25, 0.3) is 5.56 Å². The largest absolute Gasteiger partial charge is 0.504 e. The molecule has 0 amide bonds. The Bertz CT molecular complexity index is 1390. The molecule has 4 aromatic rings. The fraction of sp³-hybridized carbons (Fsp3) is 0.0870. The Morgan fingerprint density at radius 2 is 1.93 bits per heavy atom. The molecule has 0 aliphatic rings. The molecule has 0 aliphatic carbocycles. The fourth-order valence-electron chi connectivity index (χ4n) is 3.25. The van der Waals surface area contributed by atoms with Crippen molar-refractivity contribution >= 4 is 46.0 Å². The Hall–Kier alpha value is -3.00. The fourth-order valence-corrected chi connectivity index (χ4v) is 3.88. The average Bonchev–Trinajstić information content (AvgIpc) is 2.99. The standard InChI is InChI=1S/C23H19IN2O3/c1-3-29-21-12-15(11-20(24)22(21)27)10-19-14(2)25-26(23(19)28)18-9-8-16-6-4-5-7-17(16)13-18/h4-13,25,27H,2-3H2,1H3/b19-10+. The first kappa shape index (κ1) is 19.3. The van der Waals surface area contributed by atoms with Crippen LogP contribution < -0.4 is 20.9 Å². The van der Waals surface area contributed by atoms with E-state index < -0.39 is 0 Å².